The first kappa shape index (κ1) is 9.17. The summed E-state index contributed by atoms with van der Waals surface area (Å²) in [7, 11) is 0. The molecule has 0 amide bonds. The number of rotatable bonds is 1. The van der Waals surface area contributed by atoms with E-state index in [9.17, 15) is 0 Å². The van der Waals surface area contributed by atoms with Crippen LogP contribution < -0.4 is 0 Å². The molecule has 0 bridgehead atoms. The molecule has 0 aliphatic heterocycles. The van der Waals surface area contributed by atoms with Gasteiger partial charge in [0.05, 0.1) is 0 Å². The molecule has 1 heterocycles. The highest BCUT2D eigenvalue weighted by Gasteiger charge is 2.23. The Labute approximate surface area is 74.1 Å². The molecule has 12 heavy (non-hydrogen) atoms. The predicted octanol–water partition coefficient (Wildman–Crippen LogP) is 2.63. The van der Waals surface area contributed by atoms with Gasteiger partial charge in [0.1, 0.15) is 5.82 Å². The molecule has 0 aliphatic rings. The first-order valence-corrected chi connectivity index (χ1v) is 4.28. The third-order valence-electron chi connectivity index (χ3n) is 2.27. The Hall–Kier alpha value is -0.920. The summed E-state index contributed by atoms with van der Waals surface area (Å²) in [5, 5.41) is 0. The second-order valence-corrected chi connectivity index (χ2v) is 4.19. The van der Waals surface area contributed by atoms with E-state index in [2.05, 4.69) is 37.7 Å². The Morgan fingerprint density at radius 2 is 1.67 bits per heavy atom. The van der Waals surface area contributed by atoms with Gasteiger partial charge in [-0.1, -0.05) is 27.7 Å². The number of aromatic nitrogens is 2. The molecular formula is C10H16N2. The molecule has 0 aliphatic carbocycles. The van der Waals surface area contributed by atoms with Gasteiger partial charge in [-0.25, -0.2) is 9.97 Å². The van der Waals surface area contributed by atoms with Crippen LogP contribution in [0.1, 0.15) is 39.4 Å². The molecule has 0 radical (unpaired) electrons. The SMILES string of the molecule is CC(c1ncccn1)C(C)(C)C. The lowest BCUT2D eigenvalue weighted by atomic mass is 9.81. The molecule has 1 unspecified atom stereocenters. The Morgan fingerprint density at radius 3 is 2.08 bits per heavy atom. The van der Waals surface area contributed by atoms with E-state index in [-0.39, 0.29) is 5.41 Å². The van der Waals surface area contributed by atoms with E-state index in [4.69, 9.17) is 0 Å². The smallest absolute Gasteiger partial charge is 0.131 e. The lowest BCUT2D eigenvalue weighted by molar-refractivity contribution is 0.328. The minimum absolute atomic E-state index is 0.237. The van der Waals surface area contributed by atoms with Gasteiger partial charge in [-0.3, -0.25) is 0 Å². The molecule has 66 valence electrons. The molecule has 0 saturated heterocycles. The van der Waals surface area contributed by atoms with Crippen molar-refractivity contribution in [1.82, 2.24) is 9.97 Å². The van der Waals surface area contributed by atoms with Crippen LogP contribution in [-0.2, 0) is 0 Å². The van der Waals surface area contributed by atoms with Crippen LogP contribution in [-0.4, -0.2) is 9.97 Å². The standard InChI is InChI=1S/C10H16N2/c1-8(10(2,3)4)9-11-6-5-7-12-9/h5-8H,1-4H3. The zero-order chi connectivity index (χ0) is 9.19. The first-order chi connectivity index (χ1) is 5.52. The molecule has 0 aromatic carbocycles. The highest BCUT2D eigenvalue weighted by Crippen LogP contribution is 2.31. The van der Waals surface area contributed by atoms with Crippen molar-refractivity contribution in [1.29, 1.82) is 0 Å². The lowest BCUT2D eigenvalue weighted by Crippen LogP contribution is -2.17. The number of hydrogen-bond acceptors (Lipinski definition) is 2. The van der Waals surface area contributed by atoms with Gasteiger partial charge in [0, 0.05) is 18.3 Å². The largest absolute Gasteiger partial charge is 0.241 e. The number of nitrogens with zero attached hydrogens (tertiary/aromatic N) is 2. The van der Waals surface area contributed by atoms with Crippen LogP contribution >= 0.6 is 0 Å². The van der Waals surface area contributed by atoms with Gasteiger partial charge < -0.3 is 0 Å². The van der Waals surface area contributed by atoms with Crippen molar-refractivity contribution >= 4 is 0 Å². The summed E-state index contributed by atoms with van der Waals surface area (Å²) in [5.41, 5.74) is 0.237. The zero-order valence-electron chi connectivity index (χ0n) is 8.20. The summed E-state index contributed by atoms with van der Waals surface area (Å²) in [5.74, 6) is 1.34. The second kappa shape index (κ2) is 3.21. The molecule has 0 fully saturated rings. The number of hydrogen-bond donors (Lipinski definition) is 0. The van der Waals surface area contributed by atoms with Crippen LogP contribution in [0.4, 0.5) is 0 Å². The van der Waals surface area contributed by atoms with E-state index >= 15 is 0 Å². The summed E-state index contributed by atoms with van der Waals surface area (Å²) < 4.78 is 0. The van der Waals surface area contributed by atoms with Crippen LogP contribution in [0.5, 0.6) is 0 Å². The maximum Gasteiger partial charge on any atom is 0.131 e. The van der Waals surface area contributed by atoms with Crippen molar-refractivity contribution < 1.29 is 0 Å². The van der Waals surface area contributed by atoms with Crippen LogP contribution in [0.2, 0.25) is 0 Å². The molecule has 2 nitrogen and oxygen atoms in total. The summed E-state index contributed by atoms with van der Waals surface area (Å²) in [6.45, 7) is 8.77. The monoisotopic (exact) mass is 164 g/mol. The van der Waals surface area contributed by atoms with E-state index in [1.54, 1.807) is 12.4 Å². The van der Waals surface area contributed by atoms with E-state index in [1.165, 1.54) is 0 Å². The van der Waals surface area contributed by atoms with E-state index in [0.717, 1.165) is 5.82 Å². The van der Waals surface area contributed by atoms with E-state index < -0.39 is 0 Å². The lowest BCUT2D eigenvalue weighted by Gasteiger charge is -2.25. The second-order valence-electron chi connectivity index (χ2n) is 4.19. The van der Waals surface area contributed by atoms with Crippen molar-refractivity contribution in [2.45, 2.75) is 33.6 Å². The van der Waals surface area contributed by atoms with Crippen molar-refractivity contribution in [2.75, 3.05) is 0 Å². The Morgan fingerprint density at radius 1 is 1.17 bits per heavy atom. The third-order valence-corrected chi connectivity index (χ3v) is 2.27. The maximum absolute atomic E-state index is 4.23. The quantitative estimate of drug-likeness (QED) is 0.637. The fourth-order valence-corrected chi connectivity index (χ4v) is 0.922. The van der Waals surface area contributed by atoms with Crippen molar-refractivity contribution in [3.8, 4) is 0 Å². The molecule has 0 N–H and O–H groups in total. The Bertz CT molecular complexity index is 236. The minimum Gasteiger partial charge on any atom is -0.241 e. The Balaban J connectivity index is 2.86. The van der Waals surface area contributed by atoms with Gasteiger partial charge in [0.2, 0.25) is 0 Å². The fraction of sp³-hybridized carbons (Fsp3) is 0.600. The predicted molar refractivity (Wildman–Crippen MR) is 49.9 cm³/mol. The van der Waals surface area contributed by atoms with Crippen LogP contribution in [0.3, 0.4) is 0 Å². The van der Waals surface area contributed by atoms with E-state index in [0.29, 0.717) is 5.92 Å². The molecule has 1 aromatic rings. The van der Waals surface area contributed by atoms with Gasteiger partial charge in [0.15, 0.2) is 0 Å². The average Bonchev–Trinajstić information content (AvgIpc) is 2.03. The highest BCUT2D eigenvalue weighted by molar-refractivity contribution is 4.99. The van der Waals surface area contributed by atoms with Gasteiger partial charge in [0.25, 0.3) is 0 Å². The van der Waals surface area contributed by atoms with Gasteiger partial charge >= 0.3 is 0 Å². The fourth-order valence-electron chi connectivity index (χ4n) is 0.922. The molecular weight excluding hydrogens is 148 g/mol. The molecule has 2 heteroatoms. The average molecular weight is 164 g/mol. The maximum atomic E-state index is 4.23. The van der Waals surface area contributed by atoms with Crippen LogP contribution in [0.15, 0.2) is 18.5 Å². The normalized spacial score (nSPS) is 14.3. The Kier molecular flexibility index (Phi) is 2.46. The van der Waals surface area contributed by atoms with Crippen LogP contribution in [0.25, 0.3) is 0 Å². The van der Waals surface area contributed by atoms with E-state index in [1.807, 2.05) is 6.07 Å². The van der Waals surface area contributed by atoms with Crippen molar-refractivity contribution in [3.05, 3.63) is 24.3 Å². The summed E-state index contributed by atoms with van der Waals surface area (Å²) in [4.78, 5) is 8.47. The van der Waals surface area contributed by atoms with Crippen LogP contribution in [0, 0.1) is 5.41 Å². The molecule has 1 rings (SSSR count). The summed E-state index contributed by atoms with van der Waals surface area (Å²) in [6, 6.07) is 1.85. The van der Waals surface area contributed by atoms with Crippen molar-refractivity contribution in [3.63, 3.8) is 0 Å². The molecule has 1 atom stereocenters. The third kappa shape index (κ3) is 2.03. The minimum atomic E-state index is 0.237. The van der Waals surface area contributed by atoms with Gasteiger partial charge in [-0.05, 0) is 11.5 Å². The highest BCUT2D eigenvalue weighted by atomic mass is 14.9. The van der Waals surface area contributed by atoms with Gasteiger partial charge in [-0.15, -0.1) is 0 Å². The van der Waals surface area contributed by atoms with Crippen molar-refractivity contribution in [2.24, 2.45) is 5.41 Å². The summed E-state index contributed by atoms with van der Waals surface area (Å²) in [6.07, 6.45) is 3.59. The first-order valence-electron chi connectivity index (χ1n) is 4.28. The molecule has 0 spiro atoms. The van der Waals surface area contributed by atoms with Gasteiger partial charge in [-0.2, -0.15) is 0 Å². The molecule has 1 aromatic heterocycles. The molecule has 0 saturated carbocycles. The summed E-state index contributed by atoms with van der Waals surface area (Å²) >= 11 is 0. The topological polar surface area (TPSA) is 25.8 Å². The zero-order valence-corrected chi connectivity index (χ0v) is 8.20.